The van der Waals surface area contributed by atoms with Crippen molar-refractivity contribution in [3.8, 4) is 17.1 Å². The maximum atomic E-state index is 12.5. The van der Waals surface area contributed by atoms with E-state index in [4.69, 9.17) is 0 Å². The van der Waals surface area contributed by atoms with Gasteiger partial charge in [0, 0.05) is 17.4 Å². The van der Waals surface area contributed by atoms with E-state index in [1.807, 2.05) is 0 Å². The molecule has 8 nitrogen and oxygen atoms in total. The number of hydrogen-bond acceptors (Lipinski definition) is 6. The first-order valence-electron chi connectivity index (χ1n) is 8.25. The lowest BCUT2D eigenvalue weighted by Crippen LogP contribution is -2.26. The van der Waals surface area contributed by atoms with Gasteiger partial charge in [0.1, 0.15) is 0 Å². The highest BCUT2D eigenvalue weighted by molar-refractivity contribution is 7.90. The van der Waals surface area contributed by atoms with Crippen LogP contribution in [0.2, 0.25) is 0 Å². The van der Waals surface area contributed by atoms with Crippen LogP contribution in [0.1, 0.15) is 24.4 Å². The third kappa shape index (κ3) is 3.92. The van der Waals surface area contributed by atoms with Crippen molar-refractivity contribution < 1.29 is 26.1 Å². The summed E-state index contributed by atoms with van der Waals surface area (Å²) in [5.74, 6) is -1.57. The topological polar surface area (TPSA) is 103 Å². The van der Waals surface area contributed by atoms with Gasteiger partial charge in [-0.25, -0.2) is 18.1 Å². The van der Waals surface area contributed by atoms with E-state index in [1.54, 1.807) is 35.0 Å². The van der Waals surface area contributed by atoms with Crippen molar-refractivity contribution in [3.05, 3.63) is 48.4 Å². The normalized spacial score (nSPS) is 15.1. The van der Waals surface area contributed by atoms with Crippen LogP contribution in [0.15, 0.2) is 41.3 Å². The number of aromatic nitrogens is 4. The minimum atomic E-state index is -4.70. The van der Waals surface area contributed by atoms with E-state index < -0.39 is 22.1 Å². The molecule has 28 heavy (non-hydrogen) atoms. The Labute approximate surface area is 157 Å². The van der Waals surface area contributed by atoms with Gasteiger partial charge in [-0.05, 0) is 37.1 Å². The lowest BCUT2D eigenvalue weighted by atomic mass is 10.2. The number of sulfonamides is 1. The summed E-state index contributed by atoms with van der Waals surface area (Å²) in [5, 5.41) is 3.03. The maximum absolute atomic E-state index is 12.5. The van der Waals surface area contributed by atoms with Gasteiger partial charge in [-0.3, -0.25) is 0 Å². The molecule has 1 N–H and O–H groups in total. The van der Waals surface area contributed by atoms with Crippen LogP contribution < -0.4 is 4.72 Å². The van der Waals surface area contributed by atoms with Crippen LogP contribution in [0, 0.1) is 0 Å². The number of hydrogen-bond donors (Lipinski definition) is 1. The lowest BCUT2D eigenvalue weighted by molar-refractivity contribution is -0.159. The van der Waals surface area contributed by atoms with Gasteiger partial charge in [-0.1, -0.05) is 5.16 Å². The van der Waals surface area contributed by atoms with Crippen LogP contribution in [0.5, 0.6) is 0 Å². The van der Waals surface area contributed by atoms with Crippen molar-refractivity contribution in [2.24, 2.45) is 0 Å². The van der Waals surface area contributed by atoms with E-state index in [0.717, 1.165) is 0 Å². The minimum Gasteiger partial charge on any atom is -0.329 e. The van der Waals surface area contributed by atoms with Crippen molar-refractivity contribution in [2.75, 3.05) is 0 Å². The Hall–Kier alpha value is -2.73. The Morgan fingerprint density at radius 2 is 1.93 bits per heavy atom. The largest absolute Gasteiger partial charge is 0.471 e. The molecule has 1 aromatic carbocycles. The number of nitrogens with one attached hydrogen (secondary N) is 1. The van der Waals surface area contributed by atoms with Crippen molar-refractivity contribution in [3.63, 3.8) is 0 Å². The molecule has 0 saturated heterocycles. The standard InChI is InChI=1S/C16H14F3N5O3S/c17-16(18,19)15-22-14(23-27-15)10-1-3-12(4-2-10)24-8-11(20-9-24)7-21-28(25,26)13-5-6-13/h1-4,8-9,13,21H,5-7H2. The monoisotopic (exact) mass is 413 g/mol. The molecule has 3 aromatic rings. The van der Waals surface area contributed by atoms with Gasteiger partial charge in [-0.15, -0.1) is 0 Å². The van der Waals surface area contributed by atoms with Crippen LogP contribution in [-0.2, 0) is 22.7 Å². The molecular formula is C16H14F3N5O3S. The first kappa shape index (κ1) is 18.6. The summed E-state index contributed by atoms with van der Waals surface area (Å²) in [6.45, 7) is 0.0903. The molecule has 0 aliphatic heterocycles. The zero-order valence-electron chi connectivity index (χ0n) is 14.2. The van der Waals surface area contributed by atoms with Crippen LogP contribution in [0.4, 0.5) is 13.2 Å². The molecule has 1 aliphatic rings. The van der Waals surface area contributed by atoms with Gasteiger partial charge in [-0.2, -0.15) is 18.2 Å². The van der Waals surface area contributed by atoms with E-state index in [2.05, 4.69) is 24.4 Å². The Morgan fingerprint density at radius 3 is 2.54 bits per heavy atom. The molecule has 0 bridgehead atoms. The van der Waals surface area contributed by atoms with Crippen molar-refractivity contribution in [2.45, 2.75) is 30.8 Å². The predicted octanol–water partition coefficient (Wildman–Crippen LogP) is 2.52. The van der Waals surface area contributed by atoms with Gasteiger partial charge in [0.05, 0.1) is 23.8 Å². The molecule has 1 aliphatic carbocycles. The Bertz CT molecular complexity index is 1090. The van der Waals surface area contributed by atoms with Gasteiger partial charge in [0.15, 0.2) is 0 Å². The number of alkyl halides is 3. The molecule has 0 spiro atoms. The molecule has 0 radical (unpaired) electrons. The van der Waals surface area contributed by atoms with E-state index in [-0.39, 0.29) is 17.6 Å². The molecule has 4 rings (SSSR count). The molecule has 1 fully saturated rings. The first-order chi connectivity index (χ1) is 13.2. The van der Waals surface area contributed by atoms with Crippen molar-refractivity contribution in [1.82, 2.24) is 24.4 Å². The fourth-order valence-electron chi connectivity index (χ4n) is 2.51. The number of benzene rings is 1. The van der Waals surface area contributed by atoms with Crippen LogP contribution in [0.3, 0.4) is 0 Å². The summed E-state index contributed by atoms with van der Waals surface area (Å²) in [6.07, 6.45) is -0.145. The molecule has 2 heterocycles. The van der Waals surface area contributed by atoms with Gasteiger partial charge < -0.3 is 9.09 Å². The average molecular weight is 413 g/mol. The van der Waals surface area contributed by atoms with E-state index in [1.165, 1.54) is 6.33 Å². The maximum Gasteiger partial charge on any atom is 0.471 e. The molecule has 2 aromatic heterocycles. The Balaban J connectivity index is 1.45. The molecule has 0 amide bonds. The predicted molar refractivity (Wildman–Crippen MR) is 90.6 cm³/mol. The van der Waals surface area contributed by atoms with Gasteiger partial charge in [0.2, 0.25) is 15.8 Å². The zero-order valence-corrected chi connectivity index (χ0v) is 15.0. The second-order valence-corrected chi connectivity index (χ2v) is 8.35. The summed E-state index contributed by atoms with van der Waals surface area (Å²) < 4.78 is 69.7. The third-order valence-electron chi connectivity index (χ3n) is 4.15. The number of halogens is 3. The number of imidazole rings is 1. The fraction of sp³-hybridized carbons (Fsp3) is 0.312. The second kappa shape index (κ2) is 6.71. The summed E-state index contributed by atoms with van der Waals surface area (Å²) in [4.78, 5) is 7.50. The summed E-state index contributed by atoms with van der Waals surface area (Å²) in [7, 11) is -3.29. The third-order valence-corrected chi connectivity index (χ3v) is 6.04. The molecule has 1 saturated carbocycles. The van der Waals surface area contributed by atoms with Crippen LogP contribution in [0.25, 0.3) is 17.1 Å². The molecule has 12 heteroatoms. The molecule has 0 atom stereocenters. The van der Waals surface area contributed by atoms with Crippen LogP contribution >= 0.6 is 0 Å². The van der Waals surface area contributed by atoms with Crippen molar-refractivity contribution in [1.29, 1.82) is 0 Å². The summed E-state index contributed by atoms with van der Waals surface area (Å²) in [5.41, 5.74) is 1.59. The highest BCUT2D eigenvalue weighted by atomic mass is 32.2. The first-order valence-corrected chi connectivity index (χ1v) is 9.80. The lowest BCUT2D eigenvalue weighted by Gasteiger charge is -2.03. The minimum absolute atomic E-state index is 0.0903. The van der Waals surface area contributed by atoms with Gasteiger partial charge in [0.25, 0.3) is 0 Å². The zero-order chi connectivity index (χ0) is 19.9. The Morgan fingerprint density at radius 1 is 1.21 bits per heavy atom. The van der Waals surface area contributed by atoms with Gasteiger partial charge >= 0.3 is 12.1 Å². The fourth-order valence-corrected chi connectivity index (χ4v) is 3.85. The average Bonchev–Trinajstić information content (AvgIpc) is 3.21. The summed E-state index contributed by atoms with van der Waals surface area (Å²) >= 11 is 0. The molecule has 148 valence electrons. The summed E-state index contributed by atoms with van der Waals surface area (Å²) in [6, 6.07) is 6.41. The quantitative estimate of drug-likeness (QED) is 0.666. The number of rotatable bonds is 6. The van der Waals surface area contributed by atoms with E-state index in [9.17, 15) is 21.6 Å². The van der Waals surface area contributed by atoms with E-state index in [0.29, 0.717) is 29.8 Å². The number of nitrogens with zero attached hydrogens (tertiary/aromatic N) is 4. The van der Waals surface area contributed by atoms with Crippen molar-refractivity contribution >= 4 is 10.0 Å². The molecular weight excluding hydrogens is 399 g/mol. The second-order valence-electron chi connectivity index (χ2n) is 6.31. The molecule has 0 unspecified atom stereocenters. The smallest absolute Gasteiger partial charge is 0.329 e. The van der Waals surface area contributed by atoms with Crippen LogP contribution in [-0.4, -0.2) is 33.4 Å². The highest BCUT2D eigenvalue weighted by Gasteiger charge is 2.38. The highest BCUT2D eigenvalue weighted by Crippen LogP contribution is 2.29. The van der Waals surface area contributed by atoms with E-state index >= 15 is 0 Å². The SMILES string of the molecule is O=S(=O)(NCc1cn(-c2ccc(-c3noc(C(F)(F)F)n3)cc2)cn1)C1CC1. The Kier molecular flexibility index (Phi) is 4.46.